The monoisotopic (exact) mass is 297 g/mol. The largest absolute Gasteiger partial charge is 0.355 e. The molecule has 0 spiro atoms. The second-order valence-corrected chi connectivity index (χ2v) is 5.51. The maximum Gasteiger partial charge on any atom is 0.203 e. The predicted molar refractivity (Wildman–Crippen MR) is 81.3 cm³/mol. The van der Waals surface area contributed by atoms with Crippen molar-refractivity contribution in [3.63, 3.8) is 0 Å². The van der Waals surface area contributed by atoms with Gasteiger partial charge in [-0.3, -0.25) is 0 Å². The molecule has 0 atom stereocenters. The lowest BCUT2D eigenvalue weighted by atomic mass is 10.1. The molecule has 1 N–H and O–H groups in total. The maximum atomic E-state index is 6.14. The number of hydrogen-bond donors (Lipinski definition) is 1. The van der Waals surface area contributed by atoms with Gasteiger partial charge in [-0.05, 0) is 38.0 Å². The fraction of sp³-hybridized carbons (Fsp3) is 0.357. The number of hydrogen-bond acceptors (Lipinski definition) is 2. The van der Waals surface area contributed by atoms with Gasteiger partial charge in [0.15, 0.2) is 0 Å². The fourth-order valence-electron chi connectivity index (χ4n) is 1.90. The molecule has 2 rings (SSSR count). The Kier molecular flexibility index (Phi) is 4.72. The van der Waals surface area contributed by atoms with Crippen LogP contribution >= 0.6 is 23.2 Å². The highest BCUT2D eigenvalue weighted by molar-refractivity contribution is 6.35. The van der Waals surface area contributed by atoms with Gasteiger partial charge in [0.2, 0.25) is 5.95 Å². The first-order valence-corrected chi connectivity index (χ1v) is 7.04. The Morgan fingerprint density at radius 1 is 1.32 bits per heavy atom. The summed E-state index contributed by atoms with van der Waals surface area (Å²) in [5.41, 5.74) is 1.08. The summed E-state index contributed by atoms with van der Waals surface area (Å²) in [6, 6.07) is 5.98. The number of imidazole rings is 1. The van der Waals surface area contributed by atoms with Gasteiger partial charge in [0.1, 0.15) is 0 Å². The van der Waals surface area contributed by atoms with E-state index in [1.165, 1.54) is 0 Å². The highest BCUT2D eigenvalue weighted by Gasteiger charge is 2.06. The first kappa shape index (κ1) is 14.2. The van der Waals surface area contributed by atoms with Gasteiger partial charge in [-0.2, -0.15) is 0 Å². The molecule has 3 nitrogen and oxygen atoms in total. The van der Waals surface area contributed by atoms with Gasteiger partial charge >= 0.3 is 0 Å². The van der Waals surface area contributed by atoms with Crippen molar-refractivity contribution in [1.29, 1.82) is 0 Å². The molecule has 0 amide bonds. The van der Waals surface area contributed by atoms with Crippen molar-refractivity contribution in [2.75, 3.05) is 11.9 Å². The average molecular weight is 298 g/mol. The lowest BCUT2D eigenvalue weighted by molar-refractivity contribution is 0.604. The first-order valence-electron chi connectivity index (χ1n) is 6.28. The first-order chi connectivity index (χ1) is 9.08. The van der Waals surface area contributed by atoms with Crippen LogP contribution in [0.2, 0.25) is 10.0 Å². The van der Waals surface area contributed by atoms with E-state index in [0.29, 0.717) is 16.1 Å². The van der Waals surface area contributed by atoms with Crippen molar-refractivity contribution < 1.29 is 0 Å². The van der Waals surface area contributed by atoms with Crippen LogP contribution in [0.15, 0.2) is 30.6 Å². The number of benzene rings is 1. The van der Waals surface area contributed by atoms with Gasteiger partial charge in [0.25, 0.3) is 0 Å². The molecular weight excluding hydrogens is 281 g/mol. The Hall–Kier alpha value is -1.19. The van der Waals surface area contributed by atoms with Crippen molar-refractivity contribution in [2.45, 2.75) is 26.3 Å². The van der Waals surface area contributed by atoms with Gasteiger partial charge in [-0.25, -0.2) is 4.98 Å². The van der Waals surface area contributed by atoms with Crippen molar-refractivity contribution in [3.8, 4) is 0 Å². The minimum atomic E-state index is 0.393. The van der Waals surface area contributed by atoms with Crippen molar-refractivity contribution in [3.05, 3.63) is 46.2 Å². The molecule has 0 unspecified atom stereocenters. The van der Waals surface area contributed by atoms with Crippen LogP contribution in [0.4, 0.5) is 5.95 Å². The number of rotatable bonds is 5. The van der Waals surface area contributed by atoms with Crippen LogP contribution in [0.1, 0.15) is 25.5 Å². The van der Waals surface area contributed by atoms with Gasteiger partial charge < -0.3 is 9.88 Å². The van der Waals surface area contributed by atoms with E-state index < -0.39 is 0 Å². The smallest absolute Gasteiger partial charge is 0.203 e. The molecule has 0 fully saturated rings. The Bertz CT molecular complexity index is 549. The molecule has 102 valence electrons. The molecule has 0 saturated carbocycles. The molecule has 19 heavy (non-hydrogen) atoms. The topological polar surface area (TPSA) is 29.9 Å². The summed E-state index contributed by atoms with van der Waals surface area (Å²) >= 11 is 12.0. The van der Waals surface area contributed by atoms with E-state index in [2.05, 4.69) is 28.7 Å². The van der Waals surface area contributed by atoms with E-state index in [0.717, 1.165) is 24.5 Å². The summed E-state index contributed by atoms with van der Waals surface area (Å²) < 4.78 is 2.10. The standard InChI is InChI=1S/C14H17Cl2N3/c1-10(2)19-8-7-18-14(19)17-6-5-11-3-4-12(15)9-13(11)16/h3-4,7-10H,5-6H2,1-2H3,(H,17,18). The Morgan fingerprint density at radius 3 is 2.79 bits per heavy atom. The molecule has 2 aromatic rings. The van der Waals surface area contributed by atoms with E-state index in [1.807, 2.05) is 18.3 Å². The number of halogens is 2. The molecule has 0 saturated heterocycles. The number of aromatic nitrogens is 2. The summed E-state index contributed by atoms with van der Waals surface area (Å²) in [5.74, 6) is 0.889. The molecule has 1 heterocycles. The SMILES string of the molecule is CC(C)n1ccnc1NCCc1ccc(Cl)cc1Cl. The van der Waals surface area contributed by atoms with Crippen LogP contribution in [0, 0.1) is 0 Å². The molecule has 0 aliphatic carbocycles. The zero-order valence-electron chi connectivity index (χ0n) is 11.0. The molecule has 5 heteroatoms. The van der Waals surface area contributed by atoms with E-state index in [-0.39, 0.29) is 0 Å². The van der Waals surface area contributed by atoms with Gasteiger partial charge in [0, 0.05) is 35.0 Å². The second kappa shape index (κ2) is 6.31. The predicted octanol–water partition coefficient (Wildman–Crippen LogP) is 4.43. The Labute approximate surface area is 123 Å². The number of nitrogens with zero attached hydrogens (tertiary/aromatic N) is 2. The summed E-state index contributed by atoms with van der Waals surface area (Å²) in [7, 11) is 0. The van der Waals surface area contributed by atoms with Gasteiger partial charge in [-0.1, -0.05) is 29.3 Å². The lowest BCUT2D eigenvalue weighted by Gasteiger charge is -2.13. The van der Waals surface area contributed by atoms with Crippen LogP contribution in [0.5, 0.6) is 0 Å². The zero-order valence-corrected chi connectivity index (χ0v) is 12.5. The quantitative estimate of drug-likeness (QED) is 0.885. The van der Waals surface area contributed by atoms with E-state index in [9.17, 15) is 0 Å². The molecule has 0 aliphatic heterocycles. The molecular formula is C14H17Cl2N3. The van der Waals surface area contributed by atoms with Crippen LogP contribution in [-0.4, -0.2) is 16.1 Å². The Balaban J connectivity index is 1.94. The minimum absolute atomic E-state index is 0.393. The average Bonchev–Trinajstić information content (AvgIpc) is 2.80. The third-order valence-corrected chi connectivity index (χ3v) is 3.50. The zero-order chi connectivity index (χ0) is 13.8. The number of nitrogens with one attached hydrogen (secondary N) is 1. The van der Waals surface area contributed by atoms with E-state index in [4.69, 9.17) is 23.2 Å². The van der Waals surface area contributed by atoms with E-state index >= 15 is 0 Å². The van der Waals surface area contributed by atoms with Crippen LogP contribution in [0.25, 0.3) is 0 Å². The summed E-state index contributed by atoms with van der Waals surface area (Å²) in [5, 5.41) is 4.70. The van der Waals surface area contributed by atoms with Gasteiger partial charge in [0.05, 0.1) is 0 Å². The molecule has 1 aromatic heterocycles. The van der Waals surface area contributed by atoms with Crippen LogP contribution in [-0.2, 0) is 6.42 Å². The third-order valence-electron chi connectivity index (χ3n) is 2.92. The third kappa shape index (κ3) is 3.64. The highest BCUT2D eigenvalue weighted by Crippen LogP contribution is 2.21. The van der Waals surface area contributed by atoms with Crippen molar-refractivity contribution in [1.82, 2.24) is 9.55 Å². The molecule has 0 aliphatic rings. The van der Waals surface area contributed by atoms with Crippen molar-refractivity contribution >= 4 is 29.2 Å². The number of anilines is 1. The summed E-state index contributed by atoms with van der Waals surface area (Å²) in [4.78, 5) is 4.30. The lowest BCUT2D eigenvalue weighted by Crippen LogP contribution is -2.11. The van der Waals surface area contributed by atoms with Crippen molar-refractivity contribution in [2.24, 2.45) is 0 Å². The molecule has 1 aromatic carbocycles. The second-order valence-electron chi connectivity index (χ2n) is 4.66. The molecule has 0 radical (unpaired) electrons. The van der Waals surface area contributed by atoms with Gasteiger partial charge in [-0.15, -0.1) is 0 Å². The minimum Gasteiger partial charge on any atom is -0.355 e. The Morgan fingerprint density at radius 2 is 2.11 bits per heavy atom. The van der Waals surface area contributed by atoms with Crippen LogP contribution < -0.4 is 5.32 Å². The fourth-order valence-corrected chi connectivity index (χ4v) is 2.40. The summed E-state index contributed by atoms with van der Waals surface area (Å²) in [6.07, 6.45) is 4.61. The maximum absolute atomic E-state index is 6.14. The van der Waals surface area contributed by atoms with Crippen LogP contribution in [0.3, 0.4) is 0 Å². The molecule has 0 bridgehead atoms. The normalized spacial score (nSPS) is 11.0. The summed E-state index contributed by atoms with van der Waals surface area (Å²) in [6.45, 7) is 5.04. The highest BCUT2D eigenvalue weighted by atomic mass is 35.5. The van der Waals surface area contributed by atoms with E-state index in [1.54, 1.807) is 12.3 Å².